The van der Waals surface area contributed by atoms with Crippen LogP contribution in [-0.2, 0) is 0 Å². The molecule has 0 fully saturated rings. The molecule has 0 saturated heterocycles. The standard InChI is InChI=1S/C13H21N3O3/c1-10-7-12(15-8-11(10)16(18)19)14-6-4-5-13(2,3)9-17/h7-8,17H,4-6,9H2,1-3H3,(H,14,15). The highest BCUT2D eigenvalue weighted by Gasteiger charge is 2.15. The predicted molar refractivity (Wildman–Crippen MR) is 74.2 cm³/mol. The predicted octanol–water partition coefficient (Wildman–Crippen LogP) is 2.51. The number of nitrogens with zero attached hydrogens (tertiary/aromatic N) is 2. The van der Waals surface area contributed by atoms with Crippen LogP contribution in [0.1, 0.15) is 32.3 Å². The molecular weight excluding hydrogens is 246 g/mol. The molecule has 6 heteroatoms. The first-order valence-electron chi connectivity index (χ1n) is 6.31. The highest BCUT2D eigenvalue weighted by atomic mass is 16.6. The Morgan fingerprint density at radius 3 is 2.74 bits per heavy atom. The summed E-state index contributed by atoms with van der Waals surface area (Å²) in [4.78, 5) is 14.2. The lowest BCUT2D eigenvalue weighted by Crippen LogP contribution is -2.18. The minimum atomic E-state index is -0.435. The number of aryl methyl sites for hydroxylation is 1. The number of aliphatic hydroxyl groups is 1. The molecule has 1 aromatic heterocycles. The molecule has 0 saturated carbocycles. The van der Waals surface area contributed by atoms with Gasteiger partial charge in [0, 0.05) is 18.7 Å². The molecule has 0 atom stereocenters. The number of hydrogen-bond donors (Lipinski definition) is 2. The summed E-state index contributed by atoms with van der Waals surface area (Å²) < 4.78 is 0. The first-order chi connectivity index (χ1) is 8.85. The lowest BCUT2D eigenvalue weighted by atomic mass is 9.89. The topological polar surface area (TPSA) is 88.3 Å². The molecule has 0 amide bonds. The SMILES string of the molecule is Cc1cc(NCCCC(C)(C)CO)ncc1[N+](=O)[O-]. The van der Waals surface area contributed by atoms with Gasteiger partial charge in [-0.3, -0.25) is 10.1 Å². The molecule has 0 aromatic carbocycles. The van der Waals surface area contributed by atoms with Crippen molar-refractivity contribution in [1.29, 1.82) is 0 Å². The first kappa shape index (κ1) is 15.4. The van der Waals surface area contributed by atoms with E-state index in [4.69, 9.17) is 5.11 Å². The minimum Gasteiger partial charge on any atom is -0.396 e. The first-order valence-corrected chi connectivity index (χ1v) is 6.31. The smallest absolute Gasteiger partial charge is 0.290 e. The fourth-order valence-electron chi connectivity index (χ4n) is 1.70. The molecule has 106 valence electrons. The third-order valence-electron chi connectivity index (χ3n) is 3.04. The van der Waals surface area contributed by atoms with Crippen molar-refractivity contribution < 1.29 is 10.0 Å². The fourth-order valence-corrected chi connectivity index (χ4v) is 1.70. The summed E-state index contributed by atoms with van der Waals surface area (Å²) in [5, 5.41) is 22.9. The van der Waals surface area contributed by atoms with E-state index in [1.165, 1.54) is 6.20 Å². The van der Waals surface area contributed by atoms with Gasteiger partial charge in [-0.2, -0.15) is 0 Å². The average molecular weight is 267 g/mol. The Morgan fingerprint density at radius 2 is 2.21 bits per heavy atom. The van der Waals surface area contributed by atoms with Crippen LogP contribution in [0.15, 0.2) is 12.3 Å². The monoisotopic (exact) mass is 267 g/mol. The molecule has 6 nitrogen and oxygen atoms in total. The number of aliphatic hydroxyl groups excluding tert-OH is 1. The maximum atomic E-state index is 10.7. The molecule has 0 aliphatic rings. The number of anilines is 1. The van der Waals surface area contributed by atoms with Crippen molar-refractivity contribution in [2.45, 2.75) is 33.6 Å². The largest absolute Gasteiger partial charge is 0.396 e. The van der Waals surface area contributed by atoms with Crippen LogP contribution in [0.5, 0.6) is 0 Å². The summed E-state index contributed by atoms with van der Waals surface area (Å²) in [6.07, 6.45) is 3.09. The van der Waals surface area contributed by atoms with Crippen molar-refractivity contribution in [3.8, 4) is 0 Å². The van der Waals surface area contributed by atoms with Gasteiger partial charge in [0.25, 0.3) is 5.69 Å². The maximum Gasteiger partial charge on any atom is 0.290 e. The van der Waals surface area contributed by atoms with Crippen LogP contribution in [0.3, 0.4) is 0 Å². The summed E-state index contributed by atoms with van der Waals surface area (Å²) >= 11 is 0. The van der Waals surface area contributed by atoms with Gasteiger partial charge >= 0.3 is 0 Å². The van der Waals surface area contributed by atoms with Crippen LogP contribution in [-0.4, -0.2) is 28.2 Å². The summed E-state index contributed by atoms with van der Waals surface area (Å²) in [5.41, 5.74) is 0.561. The lowest BCUT2D eigenvalue weighted by Gasteiger charge is -2.21. The van der Waals surface area contributed by atoms with Crippen molar-refractivity contribution >= 4 is 11.5 Å². The number of nitrogens with one attached hydrogen (secondary N) is 1. The zero-order chi connectivity index (χ0) is 14.5. The zero-order valence-electron chi connectivity index (χ0n) is 11.6. The van der Waals surface area contributed by atoms with E-state index in [0.29, 0.717) is 11.4 Å². The average Bonchev–Trinajstić information content (AvgIpc) is 2.34. The van der Waals surface area contributed by atoms with Gasteiger partial charge in [0.05, 0.1) is 4.92 Å². The van der Waals surface area contributed by atoms with Crippen molar-refractivity contribution in [3.05, 3.63) is 27.9 Å². The highest BCUT2D eigenvalue weighted by molar-refractivity contribution is 5.46. The third kappa shape index (κ3) is 4.82. The Bertz CT molecular complexity index is 447. The van der Waals surface area contributed by atoms with Gasteiger partial charge in [0.2, 0.25) is 0 Å². The Balaban J connectivity index is 2.47. The Kier molecular flexibility index (Phi) is 5.23. The van der Waals surface area contributed by atoms with E-state index in [1.54, 1.807) is 13.0 Å². The lowest BCUT2D eigenvalue weighted by molar-refractivity contribution is -0.385. The van der Waals surface area contributed by atoms with Crippen molar-refractivity contribution in [2.24, 2.45) is 5.41 Å². The molecule has 19 heavy (non-hydrogen) atoms. The number of hydrogen-bond acceptors (Lipinski definition) is 5. The van der Waals surface area contributed by atoms with E-state index in [1.807, 2.05) is 13.8 Å². The van der Waals surface area contributed by atoms with Gasteiger partial charge in [0.15, 0.2) is 0 Å². The molecule has 1 aromatic rings. The second-order valence-electron chi connectivity index (χ2n) is 5.47. The van der Waals surface area contributed by atoms with E-state index in [9.17, 15) is 10.1 Å². The van der Waals surface area contributed by atoms with Gasteiger partial charge in [0.1, 0.15) is 12.0 Å². The second kappa shape index (κ2) is 6.47. The Labute approximate surface area is 113 Å². The molecule has 0 bridgehead atoms. The molecule has 1 rings (SSSR count). The zero-order valence-corrected chi connectivity index (χ0v) is 11.6. The van der Waals surface area contributed by atoms with Gasteiger partial charge in [-0.15, -0.1) is 0 Å². The fraction of sp³-hybridized carbons (Fsp3) is 0.615. The van der Waals surface area contributed by atoms with Crippen molar-refractivity contribution in [2.75, 3.05) is 18.5 Å². The Hall–Kier alpha value is -1.69. The molecular formula is C13H21N3O3. The summed E-state index contributed by atoms with van der Waals surface area (Å²) in [6.45, 7) is 6.62. The number of pyridine rings is 1. The van der Waals surface area contributed by atoms with E-state index in [-0.39, 0.29) is 17.7 Å². The summed E-state index contributed by atoms with van der Waals surface area (Å²) in [7, 11) is 0. The van der Waals surface area contributed by atoms with Gasteiger partial charge in [-0.1, -0.05) is 13.8 Å². The molecule has 1 heterocycles. The van der Waals surface area contributed by atoms with E-state index in [2.05, 4.69) is 10.3 Å². The molecule has 0 aliphatic carbocycles. The van der Waals surface area contributed by atoms with Crippen LogP contribution in [0, 0.1) is 22.5 Å². The third-order valence-corrected chi connectivity index (χ3v) is 3.04. The molecule has 0 aliphatic heterocycles. The number of nitro groups is 1. The van der Waals surface area contributed by atoms with Gasteiger partial charge in [-0.25, -0.2) is 4.98 Å². The molecule has 0 radical (unpaired) electrons. The molecule has 0 unspecified atom stereocenters. The van der Waals surface area contributed by atoms with E-state index in [0.717, 1.165) is 19.4 Å². The maximum absolute atomic E-state index is 10.7. The van der Waals surface area contributed by atoms with Crippen molar-refractivity contribution in [3.63, 3.8) is 0 Å². The molecule has 2 N–H and O–H groups in total. The Morgan fingerprint density at radius 1 is 1.53 bits per heavy atom. The van der Waals surface area contributed by atoms with Crippen LogP contribution in [0.2, 0.25) is 0 Å². The number of aromatic nitrogens is 1. The molecule has 0 spiro atoms. The quantitative estimate of drug-likeness (QED) is 0.450. The van der Waals surface area contributed by atoms with Crippen LogP contribution in [0.25, 0.3) is 0 Å². The van der Waals surface area contributed by atoms with Crippen LogP contribution < -0.4 is 5.32 Å². The second-order valence-corrected chi connectivity index (χ2v) is 5.47. The summed E-state index contributed by atoms with van der Waals surface area (Å²) in [5.74, 6) is 0.643. The summed E-state index contributed by atoms with van der Waals surface area (Å²) in [6, 6.07) is 1.68. The van der Waals surface area contributed by atoms with E-state index < -0.39 is 4.92 Å². The van der Waals surface area contributed by atoms with E-state index >= 15 is 0 Å². The van der Waals surface area contributed by atoms with Crippen LogP contribution >= 0.6 is 0 Å². The van der Waals surface area contributed by atoms with Gasteiger partial charge < -0.3 is 10.4 Å². The number of rotatable bonds is 7. The minimum absolute atomic E-state index is 0.0342. The van der Waals surface area contributed by atoms with Crippen molar-refractivity contribution in [1.82, 2.24) is 4.98 Å². The highest BCUT2D eigenvalue weighted by Crippen LogP contribution is 2.22. The van der Waals surface area contributed by atoms with Gasteiger partial charge in [-0.05, 0) is 31.2 Å². The normalized spacial score (nSPS) is 11.4. The van der Waals surface area contributed by atoms with Crippen LogP contribution in [0.4, 0.5) is 11.5 Å².